The van der Waals surface area contributed by atoms with E-state index in [9.17, 15) is 18.0 Å². The van der Waals surface area contributed by atoms with E-state index in [-0.39, 0.29) is 35.6 Å². The lowest BCUT2D eigenvalue weighted by Gasteiger charge is -2.34. The van der Waals surface area contributed by atoms with Crippen molar-refractivity contribution in [2.75, 3.05) is 17.1 Å². The second-order valence-corrected chi connectivity index (χ2v) is 13.3. The van der Waals surface area contributed by atoms with Gasteiger partial charge in [0.25, 0.3) is 0 Å². The van der Waals surface area contributed by atoms with Gasteiger partial charge in [-0.2, -0.15) is 0 Å². The van der Waals surface area contributed by atoms with Crippen molar-refractivity contribution in [2.24, 2.45) is 0 Å². The second-order valence-electron chi connectivity index (χ2n) is 10.1. The summed E-state index contributed by atoms with van der Waals surface area (Å²) in [6.45, 7) is -0.372. The first-order valence-corrected chi connectivity index (χ1v) is 16.2. The Hall–Kier alpha value is -2.88. The maximum Gasteiger partial charge on any atom is 0.244 e. The topological polar surface area (TPSA) is 86.8 Å². The first-order valence-electron chi connectivity index (χ1n) is 13.2. The third-order valence-electron chi connectivity index (χ3n) is 7.04. The zero-order valence-electron chi connectivity index (χ0n) is 22.3. The molecule has 0 saturated heterocycles. The van der Waals surface area contributed by atoms with E-state index in [0.29, 0.717) is 0 Å². The van der Waals surface area contributed by atoms with Crippen LogP contribution in [0.5, 0.6) is 0 Å². The molecular formula is C30H33BrClN3O4S. The summed E-state index contributed by atoms with van der Waals surface area (Å²) in [4.78, 5) is 29.4. The van der Waals surface area contributed by atoms with Gasteiger partial charge < -0.3 is 10.2 Å². The molecule has 1 atom stereocenters. The van der Waals surface area contributed by atoms with Crippen molar-refractivity contribution in [3.05, 3.63) is 99.5 Å². The van der Waals surface area contributed by atoms with Crippen molar-refractivity contribution < 1.29 is 18.0 Å². The Balaban J connectivity index is 1.72. The van der Waals surface area contributed by atoms with Gasteiger partial charge in [0, 0.05) is 23.5 Å². The molecule has 40 heavy (non-hydrogen) atoms. The first kappa shape index (κ1) is 30.1. The minimum absolute atomic E-state index is 0.0612. The molecule has 0 heterocycles. The van der Waals surface area contributed by atoms with Gasteiger partial charge in [0.2, 0.25) is 21.8 Å². The van der Waals surface area contributed by atoms with E-state index in [1.54, 1.807) is 24.3 Å². The molecule has 212 valence electrons. The third kappa shape index (κ3) is 8.08. The van der Waals surface area contributed by atoms with Gasteiger partial charge in [-0.1, -0.05) is 95.0 Å². The summed E-state index contributed by atoms with van der Waals surface area (Å²) in [5.74, 6) is -0.749. The number of para-hydroxylation sites is 1. The molecule has 10 heteroatoms. The van der Waals surface area contributed by atoms with Crippen molar-refractivity contribution in [3.8, 4) is 0 Å². The molecular weight excluding hydrogens is 614 g/mol. The SMILES string of the molecule is CS(=O)(=O)N(CC(=O)N(Cc1ccc(Br)cc1)[C@@H](Cc1ccccc1)C(=O)NC1CCCC1)c1ccccc1Cl. The largest absolute Gasteiger partial charge is 0.352 e. The van der Waals surface area contributed by atoms with Gasteiger partial charge in [0.1, 0.15) is 12.6 Å². The summed E-state index contributed by atoms with van der Waals surface area (Å²) in [6, 6.07) is 22.7. The van der Waals surface area contributed by atoms with E-state index in [2.05, 4.69) is 21.2 Å². The number of anilines is 1. The summed E-state index contributed by atoms with van der Waals surface area (Å²) >= 11 is 9.79. The Bertz CT molecular complexity index is 1410. The van der Waals surface area contributed by atoms with Crippen LogP contribution in [0.4, 0.5) is 5.69 Å². The van der Waals surface area contributed by atoms with Crippen LogP contribution in [-0.2, 0) is 32.6 Å². The van der Waals surface area contributed by atoms with Crippen molar-refractivity contribution in [2.45, 2.75) is 50.7 Å². The van der Waals surface area contributed by atoms with E-state index in [4.69, 9.17) is 11.6 Å². The molecule has 0 aliphatic heterocycles. The van der Waals surface area contributed by atoms with Gasteiger partial charge in [-0.25, -0.2) is 8.42 Å². The van der Waals surface area contributed by atoms with Gasteiger partial charge in [0.05, 0.1) is 17.0 Å². The Morgan fingerprint density at radius 2 is 1.57 bits per heavy atom. The molecule has 1 aliphatic rings. The molecule has 3 aromatic rings. The number of hydrogen-bond acceptors (Lipinski definition) is 4. The number of rotatable bonds is 11. The second kappa shape index (κ2) is 13.7. The highest BCUT2D eigenvalue weighted by molar-refractivity contribution is 9.10. The summed E-state index contributed by atoms with van der Waals surface area (Å²) in [5.41, 5.74) is 1.92. The number of benzene rings is 3. The smallest absolute Gasteiger partial charge is 0.244 e. The molecule has 0 unspecified atom stereocenters. The van der Waals surface area contributed by atoms with Crippen LogP contribution in [0.1, 0.15) is 36.8 Å². The average Bonchev–Trinajstić information content (AvgIpc) is 3.43. The lowest BCUT2D eigenvalue weighted by molar-refractivity contribution is -0.140. The quantitative estimate of drug-likeness (QED) is 0.295. The summed E-state index contributed by atoms with van der Waals surface area (Å²) in [6.07, 6.45) is 5.23. The number of amides is 2. The molecule has 4 rings (SSSR count). The first-order chi connectivity index (χ1) is 19.1. The number of carbonyl (C=O) groups excluding carboxylic acids is 2. The minimum Gasteiger partial charge on any atom is -0.352 e. The Morgan fingerprint density at radius 3 is 2.20 bits per heavy atom. The third-order valence-corrected chi connectivity index (χ3v) is 9.01. The zero-order valence-corrected chi connectivity index (χ0v) is 25.5. The molecule has 2 amide bonds. The van der Waals surface area contributed by atoms with Crippen LogP contribution in [0.2, 0.25) is 5.02 Å². The summed E-state index contributed by atoms with van der Waals surface area (Å²) in [5, 5.41) is 3.37. The predicted molar refractivity (Wildman–Crippen MR) is 163 cm³/mol. The van der Waals surface area contributed by atoms with Crippen molar-refractivity contribution in [3.63, 3.8) is 0 Å². The zero-order chi connectivity index (χ0) is 28.7. The number of hydrogen-bond donors (Lipinski definition) is 1. The standard InChI is InChI=1S/C30H33BrClN3O4S/c1-40(38,39)35(27-14-8-7-13-26(27)32)21-29(36)34(20-23-15-17-24(31)18-16-23)28(19-22-9-3-2-4-10-22)30(37)33-25-11-5-6-12-25/h2-4,7-10,13-18,25,28H,5-6,11-12,19-21H2,1H3,(H,33,37)/t28-/m0/s1. The highest BCUT2D eigenvalue weighted by atomic mass is 79.9. The van der Waals surface area contributed by atoms with E-state index in [1.807, 2.05) is 54.6 Å². The van der Waals surface area contributed by atoms with Gasteiger partial charge in [-0.05, 0) is 48.2 Å². The molecule has 3 aromatic carbocycles. The normalized spacial score (nSPS) is 14.5. The molecule has 1 aliphatic carbocycles. The van der Waals surface area contributed by atoms with Crippen LogP contribution in [0.3, 0.4) is 0 Å². The Morgan fingerprint density at radius 1 is 0.950 bits per heavy atom. The molecule has 1 saturated carbocycles. The van der Waals surface area contributed by atoms with Crippen molar-refractivity contribution in [1.29, 1.82) is 0 Å². The molecule has 0 radical (unpaired) electrons. The fourth-order valence-electron chi connectivity index (χ4n) is 4.96. The minimum atomic E-state index is -3.88. The van der Waals surface area contributed by atoms with Crippen molar-refractivity contribution in [1.82, 2.24) is 10.2 Å². The van der Waals surface area contributed by atoms with Crippen LogP contribution < -0.4 is 9.62 Å². The molecule has 0 aromatic heterocycles. The van der Waals surface area contributed by atoms with Gasteiger partial charge in [-0.3, -0.25) is 13.9 Å². The molecule has 1 fully saturated rings. The monoisotopic (exact) mass is 645 g/mol. The van der Waals surface area contributed by atoms with E-state index in [1.165, 1.54) is 4.90 Å². The number of carbonyl (C=O) groups is 2. The summed E-state index contributed by atoms with van der Waals surface area (Å²) in [7, 11) is -3.88. The van der Waals surface area contributed by atoms with Crippen LogP contribution in [-0.4, -0.2) is 50.0 Å². The fraction of sp³-hybridized carbons (Fsp3) is 0.333. The van der Waals surface area contributed by atoms with E-state index in [0.717, 1.165) is 51.8 Å². The van der Waals surface area contributed by atoms with Crippen molar-refractivity contribution >= 4 is 55.1 Å². The molecule has 7 nitrogen and oxygen atoms in total. The molecule has 1 N–H and O–H groups in total. The Labute approximate surface area is 249 Å². The number of sulfonamides is 1. The average molecular weight is 647 g/mol. The van der Waals surface area contributed by atoms with Crippen LogP contribution in [0, 0.1) is 0 Å². The highest BCUT2D eigenvalue weighted by Crippen LogP contribution is 2.28. The summed E-state index contributed by atoms with van der Waals surface area (Å²) < 4.78 is 27.6. The van der Waals surface area contributed by atoms with Crippen LogP contribution in [0.15, 0.2) is 83.3 Å². The van der Waals surface area contributed by atoms with Gasteiger partial charge in [-0.15, -0.1) is 0 Å². The van der Waals surface area contributed by atoms with Gasteiger partial charge in [0.15, 0.2) is 0 Å². The predicted octanol–water partition coefficient (Wildman–Crippen LogP) is 5.57. The molecule has 0 spiro atoms. The van der Waals surface area contributed by atoms with Gasteiger partial charge >= 0.3 is 0 Å². The molecule has 0 bridgehead atoms. The Kier molecular flexibility index (Phi) is 10.3. The number of nitrogens with zero attached hydrogens (tertiary/aromatic N) is 2. The highest BCUT2D eigenvalue weighted by Gasteiger charge is 2.34. The lowest BCUT2D eigenvalue weighted by Crippen LogP contribution is -2.54. The van der Waals surface area contributed by atoms with E-state index >= 15 is 0 Å². The number of halogens is 2. The van der Waals surface area contributed by atoms with Crippen LogP contribution in [0.25, 0.3) is 0 Å². The fourth-order valence-corrected chi connectivity index (χ4v) is 6.37. The van der Waals surface area contributed by atoms with E-state index < -0.39 is 28.5 Å². The van der Waals surface area contributed by atoms with Crippen LogP contribution >= 0.6 is 27.5 Å². The maximum absolute atomic E-state index is 14.1. The number of nitrogens with one attached hydrogen (secondary N) is 1. The lowest BCUT2D eigenvalue weighted by atomic mass is 10.0. The maximum atomic E-state index is 14.1.